The summed E-state index contributed by atoms with van der Waals surface area (Å²) in [6, 6.07) is -0.0787. The predicted molar refractivity (Wildman–Crippen MR) is 102 cm³/mol. The van der Waals surface area contributed by atoms with Gasteiger partial charge in [-0.1, -0.05) is 6.92 Å². The maximum absolute atomic E-state index is 14.3. The van der Waals surface area contributed by atoms with E-state index < -0.39 is 23.7 Å². The molecule has 6 nitrogen and oxygen atoms in total. The molecular formula is C22H35NO5. The fourth-order valence-corrected chi connectivity index (χ4v) is 10.9. The zero-order valence-electron chi connectivity index (χ0n) is 17.0. The average Bonchev–Trinajstić information content (AvgIpc) is 3.09. The normalized spacial score (nSPS) is 68.9. The van der Waals surface area contributed by atoms with Crippen molar-refractivity contribution in [2.24, 2.45) is 39.9 Å². The number of fused-ring (bicyclic) bond motifs is 2. The van der Waals surface area contributed by atoms with Gasteiger partial charge >= 0.3 is 0 Å². The minimum absolute atomic E-state index is 0.0787. The SMILES string of the molecule is CC[N@+]1([O-])C[C@@]2(C)C[C@H](O)C[C@]34C2CC(C31)[C@@]12CC[C@@H](C[C@@H]41)[C@@](O)(CO)[C@H]2O. The molecule has 0 aromatic heterocycles. The van der Waals surface area contributed by atoms with Gasteiger partial charge in [0.15, 0.2) is 0 Å². The predicted octanol–water partition coefficient (Wildman–Crippen LogP) is 1.00. The van der Waals surface area contributed by atoms with Crippen molar-refractivity contribution in [2.45, 2.75) is 76.2 Å². The van der Waals surface area contributed by atoms with Crippen LogP contribution < -0.4 is 0 Å². The summed E-state index contributed by atoms with van der Waals surface area (Å²) in [5.41, 5.74) is -2.27. The number of hydrogen-bond acceptors (Lipinski definition) is 5. The van der Waals surface area contributed by atoms with Gasteiger partial charge in [0.1, 0.15) is 5.60 Å². The molecule has 0 aromatic rings. The van der Waals surface area contributed by atoms with Gasteiger partial charge in [0.2, 0.25) is 0 Å². The van der Waals surface area contributed by atoms with Crippen molar-refractivity contribution in [2.75, 3.05) is 19.7 Å². The lowest BCUT2D eigenvalue weighted by Crippen LogP contribution is -2.73. The lowest BCUT2D eigenvalue weighted by Gasteiger charge is -2.70. The highest BCUT2D eigenvalue weighted by Crippen LogP contribution is 2.84. The molecule has 0 radical (unpaired) electrons. The Morgan fingerprint density at radius 1 is 1.11 bits per heavy atom. The number of aliphatic hydroxyl groups is 4. The number of rotatable bonds is 2. The van der Waals surface area contributed by atoms with Crippen molar-refractivity contribution >= 4 is 0 Å². The highest BCUT2D eigenvalue weighted by atomic mass is 16.5. The van der Waals surface area contributed by atoms with Gasteiger partial charge in [-0.05, 0) is 63.2 Å². The topological polar surface area (TPSA) is 104 Å². The molecule has 4 N–H and O–H groups in total. The molecule has 7 aliphatic rings. The van der Waals surface area contributed by atoms with E-state index in [1.165, 1.54) is 0 Å². The van der Waals surface area contributed by atoms with Crippen molar-refractivity contribution in [1.82, 2.24) is 0 Å². The van der Waals surface area contributed by atoms with Crippen molar-refractivity contribution in [3.8, 4) is 0 Å². The summed E-state index contributed by atoms with van der Waals surface area (Å²) in [7, 11) is 0. The van der Waals surface area contributed by atoms with E-state index in [0.717, 1.165) is 25.7 Å². The highest BCUT2D eigenvalue weighted by molar-refractivity contribution is 5.32. The number of quaternary nitrogens is 1. The minimum Gasteiger partial charge on any atom is -0.633 e. The maximum Gasteiger partial charge on any atom is 0.117 e. The molecule has 7 bridgehead atoms. The molecule has 7 rings (SSSR count). The van der Waals surface area contributed by atoms with Crippen LogP contribution in [0.5, 0.6) is 0 Å². The number of likely N-dealkylation sites (tertiary alicyclic amines) is 1. The minimum atomic E-state index is -1.44. The Kier molecular flexibility index (Phi) is 3.29. The van der Waals surface area contributed by atoms with Gasteiger partial charge in [-0.25, -0.2) is 0 Å². The molecule has 2 spiro atoms. The fourth-order valence-electron chi connectivity index (χ4n) is 10.9. The molecule has 1 aliphatic heterocycles. The summed E-state index contributed by atoms with van der Waals surface area (Å²) in [5, 5.41) is 57.9. The van der Waals surface area contributed by atoms with Crippen molar-refractivity contribution in [3.63, 3.8) is 0 Å². The van der Waals surface area contributed by atoms with Crippen LogP contribution in [0.4, 0.5) is 0 Å². The van der Waals surface area contributed by atoms with Crippen LogP contribution in [0, 0.1) is 45.1 Å². The maximum atomic E-state index is 14.3. The monoisotopic (exact) mass is 393 g/mol. The first kappa shape index (κ1) is 18.5. The number of nitrogens with zero attached hydrogens (tertiary/aromatic N) is 1. The Balaban J connectivity index is 1.59. The summed E-state index contributed by atoms with van der Waals surface area (Å²) >= 11 is 0. The molecule has 28 heavy (non-hydrogen) atoms. The number of piperidine rings is 1. The first-order valence-corrected chi connectivity index (χ1v) is 11.4. The van der Waals surface area contributed by atoms with E-state index in [4.69, 9.17) is 0 Å². The third-order valence-electron chi connectivity index (χ3n) is 11.3. The van der Waals surface area contributed by atoms with Crippen LogP contribution in [0.1, 0.15) is 52.4 Å². The summed E-state index contributed by atoms with van der Waals surface area (Å²) in [5.74, 6) is 0.590. The van der Waals surface area contributed by atoms with Gasteiger partial charge in [0.05, 0.1) is 37.9 Å². The second kappa shape index (κ2) is 4.97. The molecule has 3 unspecified atom stereocenters. The Bertz CT molecular complexity index is 734. The van der Waals surface area contributed by atoms with E-state index in [1.807, 2.05) is 6.92 Å². The first-order valence-electron chi connectivity index (χ1n) is 11.4. The quantitative estimate of drug-likeness (QED) is 0.414. The van der Waals surface area contributed by atoms with Crippen molar-refractivity contribution in [1.29, 1.82) is 0 Å². The zero-order valence-corrected chi connectivity index (χ0v) is 17.0. The van der Waals surface area contributed by atoms with Gasteiger partial charge < -0.3 is 30.3 Å². The Labute approximate surface area is 166 Å². The van der Waals surface area contributed by atoms with E-state index in [-0.39, 0.29) is 45.4 Å². The summed E-state index contributed by atoms with van der Waals surface area (Å²) in [6.45, 7) is 4.92. The molecule has 6 aliphatic carbocycles. The second-order valence-corrected chi connectivity index (χ2v) is 11.8. The van der Waals surface area contributed by atoms with Gasteiger partial charge in [-0.2, -0.15) is 0 Å². The van der Waals surface area contributed by atoms with E-state index in [9.17, 15) is 25.6 Å². The molecule has 6 heteroatoms. The zero-order chi connectivity index (χ0) is 19.9. The molecule has 7 fully saturated rings. The van der Waals surface area contributed by atoms with Crippen molar-refractivity contribution < 1.29 is 25.1 Å². The van der Waals surface area contributed by atoms with Crippen LogP contribution in [-0.2, 0) is 0 Å². The van der Waals surface area contributed by atoms with Crippen LogP contribution in [0.3, 0.4) is 0 Å². The first-order chi connectivity index (χ1) is 13.1. The van der Waals surface area contributed by atoms with E-state index >= 15 is 0 Å². The lowest BCUT2D eigenvalue weighted by atomic mass is 9.38. The molecular weight excluding hydrogens is 358 g/mol. The largest absolute Gasteiger partial charge is 0.633 e. The summed E-state index contributed by atoms with van der Waals surface area (Å²) in [6.07, 6.45) is 3.44. The third-order valence-corrected chi connectivity index (χ3v) is 11.3. The van der Waals surface area contributed by atoms with Gasteiger partial charge in [-0.3, -0.25) is 0 Å². The van der Waals surface area contributed by atoms with E-state index in [2.05, 4.69) is 6.92 Å². The van der Waals surface area contributed by atoms with Crippen LogP contribution >= 0.6 is 0 Å². The Morgan fingerprint density at radius 2 is 1.86 bits per heavy atom. The van der Waals surface area contributed by atoms with Gasteiger partial charge in [0, 0.05) is 22.2 Å². The van der Waals surface area contributed by atoms with E-state index in [1.54, 1.807) is 0 Å². The van der Waals surface area contributed by atoms with Crippen LogP contribution in [-0.4, -0.2) is 68.6 Å². The smallest absolute Gasteiger partial charge is 0.117 e. The molecule has 12 atom stereocenters. The molecule has 6 saturated carbocycles. The number of hydroxylamine groups is 3. The number of hydrogen-bond donors (Lipinski definition) is 4. The molecule has 158 valence electrons. The standard InChI is InChI=1S/C22H35NO5/c1-3-23(28)10-19(2)8-13(25)9-21-15(19)7-14(17(21)23)20-5-4-12(6-16(20)21)22(27,11-24)18(20)26/h12-18,24-27H,3-11H2,1-2H3/t12-,13-,14?,15?,16+,17?,18-,19+,20-,21+,22-,23-/m0/s1. The molecule has 0 aromatic carbocycles. The van der Waals surface area contributed by atoms with Crippen LogP contribution in [0.2, 0.25) is 0 Å². The molecule has 0 amide bonds. The fraction of sp³-hybridized carbons (Fsp3) is 1.00. The van der Waals surface area contributed by atoms with Crippen molar-refractivity contribution in [3.05, 3.63) is 5.21 Å². The third kappa shape index (κ3) is 1.59. The molecule has 1 saturated heterocycles. The lowest BCUT2D eigenvalue weighted by molar-refractivity contribution is -0.927. The van der Waals surface area contributed by atoms with Crippen LogP contribution in [0.25, 0.3) is 0 Å². The Hall–Kier alpha value is -0.240. The van der Waals surface area contributed by atoms with E-state index in [0.29, 0.717) is 31.8 Å². The van der Waals surface area contributed by atoms with Gasteiger partial charge in [-0.15, -0.1) is 0 Å². The second-order valence-electron chi connectivity index (χ2n) is 11.8. The Morgan fingerprint density at radius 3 is 2.54 bits per heavy atom. The summed E-state index contributed by atoms with van der Waals surface area (Å²) < 4.78 is -0.197. The number of aliphatic hydroxyl groups excluding tert-OH is 3. The van der Waals surface area contributed by atoms with Gasteiger partial charge in [0.25, 0.3) is 0 Å². The molecule has 1 heterocycles. The highest BCUT2D eigenvalue weighted by Gasteiger charge is 2.87. The average molecular weight is 394 g/mol. The van der Waals surface area contributed by atoms with Crippen LogP contribution in [0.15, 0.2) is 0 Å². The summed E-state index contributed by atoms with van der Waals surface area (Å²) in [4.78, 5) is 0.